The summed E-state index contributed by atoms with van der Waals surface area (Å²) < 4.78 is 34.8. The lowest BCUT2D eigenvalue weighted by Gasteiger charge is -2.16. The fraction of sp³-hybridized carbons (Fsp3) is 0.370. The van der Waals surface area contributed by atoms with Gasteiger partial charge in [-0.2, -0.15) is 0 Å². The minimum Gasteiger partial charge on any atom is -0.508 e. The molecule has 5 aromatic rings. The number of phenolic OH excluding ortho intramolecular Hbond substituents is 2. The van der Waals surface area contributed by atoms with E-state index >= 15 is 0 Å². The Hall–Kier alpha value is -6.82. The standard InChI is InChI=1S/C54H62O12/c1-3-5-7-9-11-13-15-17-35-61-45-31-23-41(24-32-45)53(59)65-49-37-48(64-52(58)40-21-29-44(56)30-22-40)50(38-47(49)63-51(57)39-19-27-43(55)28-20-39)66-54(60)42-25-33-46(34-26-42)62-36-18-16-14-12-10-8-6-4-2/h19-34,37-38,55-56H,3-18,35-36H2,1-2H3. The number of phenols is 2. The van der Waals surface area contributed by atoms with Gasteiger partial charge in [0.05, 0.1) is 35.5 Å². The zero-order valence-electron chi connectivity index (χ0n) is 38.1. The molecule has 0 radical (unpaired) electrons. The lowest BCUT2D eigenvalue weighted by molar-refractivity contribution is 0.0662. The fourth-order valence-corrected chi connectivity index (χ4v) is 6.90. The summed E-state index contributed by atoms with van der Waals surface area (Å²) in [5.74, 6) is -3.94. The van der Waals surface area contributed by atoms with Gasteiger partial charge >= 0.3 is 23.9 Å². The molecule has 0 aliphatic rings. The summed E-state index contributed by atoms with van der Waals surface area (Å²) in [6, 6.07) is 25.4. The van der Waals surface area contributed by atoms with Crippen molar-refractivity contribution in [3.05, 3.63) is 131 Å². The molecule has 0 spiro atoms. The first kappa shape index (κ1) is 50.2. The van der Waals surface area contributed by atoms with E-state index in [1.54, 1.807) is 24.3 Å². The zero-order chi connectivity index (χ0) is 46.9. The molecule has 12 heteroatoms. The van der Waals surface area contributed by atoms with Gasteiger partial charge in [-0.15, -0.1) is 0 Å². The number of hydrogen-bond acceptors (Lipinski definition) is 12. The molecule has 0 saturated carbocycles. The molecule has 5 aromatic carbocycles. The number of esters is 4. The largest absolute Gasteiger partial charge is 0.508 e. The topological polar surface area (TPSA) is 164 Å². The third-order valence-electron chi connectivity index (χ3n) is 10.7. The predicted molar refractivity (Wildman–Crippen MR) is 252 cm³/mol. The fourth-order valence-electron chi connectivity index (χ4n) is 6.90. The van der Waals surface area contributed by atoms with Crippen molar-refractivity contribution in [2.24, 2.45) is 0 Å². The number of ether oxygens (including phenoxy) is 6. The van der Waals surface area contributed by atoms with Gasteiger partial charge in [0.1, 0.15) is 23.0 Å². The van der Waals surface area contributed by atoms with Gasteiger partial charge < -0.3 is 38.6 Å². The van der Waals surface area contributed by atoms with Crippen molar-refractivity contribution in [1.29, 1.82) is 0 Å². The minimum absolute atomic E-state index is 0.0405. The monoisotopic (exact) mass is 902 g/mol. The van der Waals surface area contributed by atoms with E-state index in [-0.39, 0.29) is 56.8 Å². The third kappa shape index (κ3) is 17.0. The molecule has 0 unspecified atom stereocenters. The van der Waals surface area contributed by atoms with E-state index in [4.69, 9.17) is 28.4 Å². The van der Waals surface area contributed by atoms with Crippen LogP contribution in [0.2, 0.25) is 0 Å². The summed E-state index contributed by atoms with van der Waals surface area (Å²) in [7, 11) is 0. The lowest BCUT2D eigenvalue weighted by atomic mass is 10.1. The number of rotatable bonds is 28. The average Bonchev–Trinajstić information content (AvgIpc) is 3.32. The molecule has 0 heterocycles. The molecule has 2 N–H and O–H groups in total. The van der Waals surface area contributed by atoms with Crippen molar-refractivity contribution < 1.29 is 57.8 Å². The van der Waals surface area contributed by atoms with Crippen LogP contribution in [0.25, 0.3) is 0 Å². The van der Waals surface area contributed by atoms with Gasteiger partial charge in [0, 0.05) is 12.1 Å². The Kier molecular flexibility index (Phi) is 20.9. The average molecular weight is 903 g/mol. The summed E-state index contributed by atoms with van der Waals surface area (Å²) >= 11 is 0. The molecule has 0 aromatic heterocycles. The third-order valence-corrected chi connectivity index (χ3v) is 10.7. The van der Waals surface area contributed by atoms with E-state index in [0.29, 0.717) is 24.7 Å². The molecule has 0 aliphatic heterocycles. The van der Waals surface area contributed by atoms with Crippen LogP contribution in [0, 0.1) is 0 Å². The van der Waals surface area contributed by atoms with Gasteiger partial charge in [-0.1, -0.05) is 104 Å². The predicted octanol–water partition coefficient (Wildman–Crippen LogP) is 13.0. The SMILES string of the molecule is CCCCCCCCCCOc1ccc(C(=O)Oc2cc(OC(=O)c3ccc(O)cc3)c(OC(=O)c3ccc(OCCCCCCCCCC)cc3)cc2OC(=O)c2ccc(O)cc2)cc1. The van der Waals surface area contributed by atoms with Crippen molar-refractivity contribution in [3.63, 3.8) is 0 Å². The van der Waals surface area contributed by atoms with Crippen LogP contribution in [-0.4, -0.2) is 47.3 Å². The van der Waals surface area contributed by atoms with Gasteiger partial charge in [-0.25, -0.2) is 19.2 Å². The van der Waals surface area contributed by atoms with Crippen LogP contribution in [-0.2, 0) is 0 Å². The smallest absolute Gasteiger partial charge is 0.343 e. The number of unbranched alkanes of at least 4 members (excludes halogenated alkanes) is 14. The van der Waals surface area contributed by atoms with Crippen molar-refractivity contribution in [2.45, 2.75) is 117 Å². The minimum atomic E-state index is -0.904. The highest BCUT2D eigenvalue weighted by molar-refractivity contribution is 5.96. The number of aromatic hydroxyl groups is 2. The van der Waals surface area contributed by atoms with Gasteiger partial charge in [-0.05, 0) is 110 Å². The van der Waals surface area contributed by atoms with Crippen LogP contribution in [0.5, 0.6) is 46.0 Å². The maximum absolute atomic E-state index is 13.7. The maximum Gasteiger partial charge on any atom is 0.343 e. The molecule has 12 nitrogen and oxygen atoms in total. The van der Waals surface area contributed by atoms with Gasteiger partial charge in [0.25, 0.3) is 0 Å². The van der Waals surface area contributed by atoms with E-state index < -0.39 is 23.9 Å². The Labute approximate surface area is 387 Å². The molecular weight excluding hydrogens is 841 g/mol. The van der Waals surface area contributed by atoms with Crippen LogP contribution in [0.1, 0.15) is 158 Å². The molecule has 66 heavy (non-hydrogen) atoms. The van der Waals surface area contributed by atoms with Crippen molar-refractivity contribution in [1.82, 2.24) is 0 Å². The van der Waals surface area contributed by atoms with Crippen LogP contribution in [0.3, 0.4) is 0 Å². The molecular formula is C54H62O12. The zero-order valence-corrected chi connectivity index (χ0v) is 38.1. The molecule has 0 amide bonds. The molecule has 0 atom stereocenters. The number of benzene rings is 5. The van der Waals surface area contributed by atoms with E-state index in [9.17, 15) is 29.4 Å². The second-order valence-electron chi connectivity index (χ2n) is 16.1. The highest BCUT2D eigenvalue weighted by Crippen LogP contribution is 2.42. The summed E-state index contributed by atoms with van der Waals surface area (Å²) in [4.78, 5) is 54.2. The summed E-state index contributed by atoms with van der Waals surface area (Å²) in [6.45, 7) is 5.49. The quantitative estimate of drug-likeness (QED) is 0.0278. The Balaban J connectivity index is 1.34. The first-order valence-electron chi connectivity index (χ1n) is 23.2. The van der Waals surface area contributed by atoms with Crippen LogP contribution >= 0.6 is 0 Å². The number of carbonyl (C=O) groups is 4. The summed E-state index contributed by atoms with van der Waals surface area (Å²) in [6.07, 6.45) is 18.8. The van der Waals surface area contributed by atoms with Crippen molar-refractivity contribution >= 4 is 23.9 Å². The normalized spacial score (nSPS) is 10.8. The molecule has 0 aliphatic carbocycles. The Morgan fingerprint density at radius 1 is 0.348 bits per heavy atom. The van der Waals surface area contributed by atoms with Crippen molar-refractivity contribution in [2.75, 3.05) is 13.2 Å². The lowest BCUT2D eigenvalue weighted by Crippen LogP contribution is -2.16. The van der Waals surface area contributed by atoms with Gasteiger partial charge in [-0.3, -0.25) is 0 Å². The maximum atomic E-state index is 13.7. The van der Waals surface area contributed by atoms with Crippen LogP contribution < -0.4 is 28.4 Å². The van der Waals surface area contributed by atoms with Gasteiger partial charge in [0.15, 0.2) is 23.0 Å². The molecule has 0 saturated heterocycles. The number of hydrogen-bond donors (Lipinski definition) is 2. The molecule has 350 valence electrons. The second kappa shape index (κ2) is 27.5. The highest BCUT2D eigenvalue weighted by atomic mass is 16.6. The van der Waals surface area contributed by atoms with Gasteiger partial charge in [0.2, 0.25) is 0 Å². The molecule has 0 fully saturated rings. The molecule has 0 bridgehead atoms. The van der Waals surface area contributed by atoms with Crippen LogP contribution in [0.15, 0.2) is 109 Å². The summed E-state index contributed by atoms with van der Waals surface area (Å²) in [5.41, 5.74) is 0.347. The summed E-state index contributed by atoms with van der Waals surface area (Å²) in [5, 5.41) is 19.6. The Bertz CT molecular complexity index is 2100. The molecule has 5 rings (SSSR count). The Morgan fingerprint density at radius 2 is 0.591 bits per heavy atom. The van der Waals surface area contributed by atoms with Crippen molar-refractivity contribution in [3.8, 4) is 46.0 Å². The van der Waals surface area contributed by atoms with E-state index in [0.717, 1.165) is 50.7 Å². The van der Waals surface area contributed by atoms with E-state index in [1.807, 2.05) is 0 Å². The van der Waals surface area contributed by atoms with E-state index in [2.05, 4.69) is 13.8 Å². The highest BCUT2D eigenvalue weighted by Gasteiger charge is 2.25. The van der Waals surface area contributed by atoms with E-state index in [1.165, 1.54) is 137 Å². The van der Waals surface area contributed by atoms with Crippen LogP contribution in [0.4, 0.5) is 0 Å². The second-order valence-corrected chi connectivity index (χ2v) is 16.1. The first-order chi connectivity index (χ1) is 32.1. The first-order valence-corrected chi connectivity index (χ1v) is 23.2. The number of carbonyl (C=O) groups excluding carboxylic acids is 4. The Morgan fingerprint density at radius 3 is 0.864 bits per heavy atom.